The number of benzene rings is 3. The van der Waals surface area contributed by atoms with Gasteiger partial charge in [0.1, 0.15) is 11.4 Å². The van der Waals surface area contributed by atoms with Gasteiger partial charge in [0, 0.05) is 41.0 Å². The van der Waals surface area contributed by atoms with E-state index in [0.29, 0.717) is 0 Å². The number of aliphatic hydroxyl groups is 1. The third kappa shape index (κ3) is 8.64. The van der Waals surface area contributed by atoms with Crippen molar-refractivity contribution in [2.45, 2.75) is 123 Å². The van der Waals surface area contributed by atoms with E-state index in [1.807, 2.05) is 6.92 Å². The molecule has 1 atom stereocenters. The predicted molar refractivity (Wildman–Crippen MR) is 182 cm³/mol. The summed E-state index contributed by atoms with van der Waals surface area (Å²) in [5.41, 5.74) is 3.66. The zero-order chi connectivity index (χ0) is 33.6. The van der Waals surface area contributed by atoms with Gasteiger partial charge in [0.15, 0.2) is 0 Å². The molecule has 0 saturated heterocycles. The van der Waals surface area contributed by atoms with Crippen molar-refractivity contribution in [3.05, 3.63) is 104 Å². The molecule has 0 aliphatic heterocycles. The Morgan fingerprint density at radius 3 is 1.31 bits per heavy atom. The number of nitro groups is 1. The molecule has 7 heteroatoms. The molecule has 6 nitrogen and oxygen atoms in total. The quantitative estimate of drug-likeness (QED) is 0.119. The molecular formula is C38H52CuN2O4. The van der Waals surface area contributed by atoms with Crippen LogP contribution >= 0.6 is 0 Å². The molecule has 1 radical (unpaired) electrons. The molecule has 0 saturated carbocycles. The maximum absolute atomic E-state index is 13.2. The summed E-state index contributed by atoms with van der Waals surface area (Å²) in [6.07, 6.45) is 1.43. The van der Waals surface area contributed by atoms with E-state index >= 15 is 0 Å². The van der Waals surface area contributed by atoms with Crippen LogP contribution in [-0.2, 0) is 44.3 Å². The molecule has 0 aliphatic carbocycles. The molecule has 249 valence electrons. The molecule has 45 heavy (non-hydrogen) atoms. The Labute approximate surface area is 281 Å². The van der Waals surface area contributed by atoms with E-state index in [2.05, 4.69) is 119 Å². The minimum Gasteiger partial charge on any atom is -0.507 e. The van der Waals surface area contributed by atoms with Crippen LogP contribution in [0.4, 0.5) is 5.69 Å². The second-order valence-corrected chi connectivity index (χ2v) is 16.3. The van der Waals surface area contributed by atoms with Crippen LogP contribution in [0.5, 0.6) is 5.75 Å². The van der Waals surface area contributed by atoms with E-state index in [1.54, 1.807) is 0 Å². The standard InChI is InChI=1S/C38H52N2O4.Cu/c1-24(39-23-25-16-32(40(43)44)14-15-33(25)41)38(42,30-19-26(34(2,3)4)17-27(20-30)35(5,6)7)31-21-28(36(8,9)10)18-29(22-31)37(11,12)13;/h14-24,41-42H,1-13H3;/t24-;/m0./s1. The first-order chi connectivity index (χ1) is 19.8. The summed E-state index contributed by atoms with van der Waals surface area (Å²) in [5.74, 6) is -0.121. The third-order valence-electron chi connectivity index (χ3n) is 8.47. The zero-order valence-corrected chi connectivity index (χ0v) is 30.2. The van der Waals surface area contributed by atoms with Crippen molar-refractivity contribution in [2.75, 3.05) is 0 Å². The van der Waals surface area contributed by atoms with Gasteiger partial charge in [-0.3, -0.25) is 15.1 Å². The maximum atomic E-state index is 13.2. The van der Waals surface area contributed by atoms with Gasteiger partial charge in [-0.25, -0.2) is 0 Å². The van der Waals surface area contributed by atoms with E-state index in [0.717, 1.165) is 33.4 Å². The Bertz CT molecular complexity index is 1420. The number of hydrogen-bond donors (Lipinski definition) is 2. The van der Waals surface area contributed by atoms with Gasteiger partial charge in [0.25, 0.3) is 5.69 Å². The van der Waals surface area contributed by atoms with Crippen LogP contribution in [0.25, 0.3) is 0 Å². The monoisotopic (exact) mass is 663 g/mol. The Morgan fingerprint density at radius 1 is 0.667 bits per heavy atom. The fourth-order valence-corrected chi connectivity index (χ4v) is 5.14. The predicted octanol–water partition coefficient (Wildman–Crippen LogP) is 9.23. The molecule has 0 unspecified atom stereocenters. The van der Waals surface area contributed by atoms with Gasteiger partial charge >= 0.3 is 0 Å². The Hall–Kier alpha value is -2.99. The molecule has 0 aliphatic rings. The van der Waals surface area contributed by atoms with E-state index in [1.165, 1.54) is 24.4 Å². The molecule has 2 N–H and O–H groups in total. The number of rotatable bonds is 6. The van der Waals surface area contributed by atoms with Crippen molar-refractivity contribution < 1.29 is 32.2 Å². The van der Waals surface area contributed by atoms with Gasteiger partial charge in [0.2, 0.25) is 0 Å². The maximum Gasteiger partial charge on any atom is 0.270 e. The summed E-state index contributed by atoms with van der Waals surface area (Å²) >= 11 is 0. The number of nitro benzene ring substituents is 1. The molecule has 3 aromatic carbocycles. The molecule has 0 fully saturated rings. The van der Waals surface area contributed by atoms with Crippen molar-refractivity contribution in [3.8, 4) is 5.75 Å². The average molecular weight is 664 g/mol. The molecule has 0 aromatic heterocycles. The third-order valence-corrected chi connectivity index (χ3v) is 8.47. The summed E-state index contributed by atoms with van der Waals surface area (Å²) in [6, 6.07) is 15.9. The summed E-state index contributed by atoms with van der Waals surface area (Å²) in [5, 5.41) is 35.1. The minimum atomic E-state index is -1.57. The second kappa shape index (κ2) is 13.0. The normalized spacial score (nSPS) is 13.9. The number of aromatic hydroxyl groups is 1. The summed E-state index contributed by atoms with van der Waals surface area (Å²) in [4.78, 5) is 15.7. The van der Waals surface area contributed by atoms with Gasteiger partial charge in [0.05, 0.1) is 11.0 Å². The molecular weight excluding hydrogens is 612 g/mol. The van der Waals surface area contributed by atoms with Crippen molar-refractivity contribution in [2.24, 2.45) is 4.99 Å². The van der Waals surface area contributed by atoms with Gasteiger partial charge in [-0.15, -0.1) is 0 Å². The van der Waals surface area contributed by atoms with Crippen LogP contribution in [0, 0.1) is 10.1 Å². The fourth-order valence-electron chi connectivity index (χ4n) is 5.14. The number of nitrogens with zero attached hydrogens (tertiary/aromatic N) is 2. The van der Waals surface area contributed by atoms with Gasteiger partial charge in [-0.05, 0) is 68.0 Å². The summed E-state index contributed by atoms with van der Waals surface area (Å²) in [6.45, 7) is 27.9. The molecule has 3 aromatic rings. The van der Waals surface area contributed by atoms with Crippen molar-refractivity contribution in [1.82, 2.24) is 0 Å². The van der Waals surface area contributed by atoms with Crippen LogP contribution in [0.2, 0.25) is 0 Å². The molecule has 0 bridgehead atoms. The average Bonchev–Trinajstić information content (AvgIpc) is 2.89. The minimum absolute atomic E-state index is 0. The van der Waals surface area contributed by atoms with Gasteiger partial charge in [-0.2, -0.15) is 0 Å². The van der Waals surface area contributed by atoms with Crippen molar-refractivity contribution in [3.63, 3.8) is 0 Å². The SMILES string of the molecule is C[C@H](N=Cc1cc([N+](=O)[O-])ccc1O)C(O)(c1cc(C(C)(C)C)cc(C(C)(C)C)c1)c1cc(C(C)(C)C)cc(C(C)(C)C)c1.[Cu]. The summed E-state index contributed by atoms with van der Waals surface area (Å²) < 4.78 is 0. The smallest absolute Gasteiger partial charge is 0.270 e. The Morgan fingerprint density at radius 2 is 1.00 bits per heavy atom. The first kappa shape index (κ1) is 38.2. The molecule has 3 rings (SSSR count). The van der Waals surface area contributed by atoms with E-state index in [4.69, 9.17) is 4.99 Å². The second-order valence-electron chi connectivity index (χ2n) is 16.3. The summed E-state index contributed by atoms with van der Waals surface area (Å²) in [7, 11) is 0. The molecule has 0 amide bonds. The van der Waals surface area contributed by atoms with Gasteiger partial charge < -0.3 is 10.2 Å². The first-order valence-corrected chi connectivity index (χ1v) is 15.4. The first-order valence-electron chi connectivity index (χ1n) is 15.4. The van der Waals surface area contributed by atoms with Crippen LogP contribution < -0.4 is 0 Å². The van der Waals surface area contributed by atoms with Crippen LogP contribution in [0.1, 0.15) is 129 Å². The van der Waals surface area contributed by atoms with Crippen LogP contribution in [0.3, 0.4) is 0 Å². The van der Waals surface area contributed by atoms with Crippen LogP contribution in [0.15, 0.2) is 59.6 Å². The van der Waals surface area contributed by atoms with Gasteiger partial charge in [-0.1, -0.05) is 119 Å². The van der Waals surface area contributed by atoms with Crippen LogP contribution in [-0.4, -0.2) is 27.4 Å². The molecule has 0 heterocycles. The number of aliphatic imine (C=N–C) groups is 1. The zero-order valence-electron chi connectivity index (χ0n) is 29.3. The fraction of sp³-hybridized carbons (Fsp3) is 0.500. The van der Waals surface area contributed by atoms with Crippen molar-refractivity contribution >= 4 is 11.9 Å². The van der Waals surface area contributed by atoms with E-state index < -0.39 is 16.6 Å². The molecule has 0 spiro atoms. The van der Waals surface area contributed by atoms with E-state index in [-0.39, 0.29) is 55.7 Å². The number of non-ortho nitro benzene ring substituents is 1. The van der Waals surface area contributed by atoms with E-state index in [9.17, 15) is 20.3 Å². The topological polar surface area (TPSA) is 96.0 Å². The number of phenolic OH excluding ortho intramolecular Hbond substituents is 1. The number of phenols is 1. The largest absolute Gasteiger partial charge is 0.507 e. The van der Waals surface area contributed by atoms with Crippen molar-refractivity contribution in [1.29, 1.82) is 0 Å². The Kier molecular flexibility index (Phi) is 11.0. The number of hydrogen-bond acceptors (Lipinski definition) is 5. The Balaban J connectivity index is 0.00000705.